The summed E-state index contributed by atoms with van der Waals surface area (Å²) in [5.74, 6) is 0. The van der Waals surface area contributed by atoms with Gasteiger partial charge in [0.15, 0.2) is 0 Å². The highest BCUT2D eigenvalue weighted by molar-refractivity contribution is 6.50. The molecule has 0 saturated heterocycles. The summed E-state index contributed by atoms with van der Waals surface area (Å²) in [5, 5.41) is 0. The van der Waals surface area contributed by atoms with E-state index >= 15 is 0 Å². The minimum Gasteiger partial charge on any atom is -0.418 e. The molecule has 0 rings (SSSR count). The third-order valence-electron chi connectivity index (χ3n) is 0.957. The molecular weight excluding hydrogens is 161 g/mol. The summed E-state index contributed by atoms with van der Waals surface area (Å²) >= 11 is 0. The molecule has 0 aliphatic rings. The van der Waals surface area contributed by atoms with Gasteiger partial charge in [0.2, 0.25) is 0 Å². The molecule has 0 aromatic carbocycles. The van der Waals surface area contributed by atoms with Crippen LogP contribution >= 0.6 is 0 Å². The molecule has 0 aliphatic heterocycles. The second-order valence-electron chi connectivity index (χ2n) is 3.01. The van der Waals surface area contributed by atoms with Gasteiger partial charge in [0, 0.05) is 0 Å². The summed E-state index contributed by atoms with van der Waals surface area (Å²) in [6.07, 6.45) is 1.16. The SMILES string of the molecule is CCC(C)(C)[NH3+].F[B-](F)(F)F. The molecule has 0 spiro atoms. The standard InChI is InChI=1S/C5H13N.BF4/c1-4-5(2,3)6;2-1(3,4)5/h4,6H2,1-3H3;/q;-1/p+1. The molecule has 0 bridgehead atoms. The summed E-state index contributed by atoms with van der Waals surface area (Å²) in [7, 11) is -6.00. The maximum Gasteiger partial charge on any atom is 0.673 e. The molecule has 0 heterocycles. The lowest BCUT2D eigenvalue weighted by Crippen LogP contribution is -2.68. The molecule has 1 nitrogen and oxygen atoms in total. The number of hydrogen-bond acceptors (Lipinski definition) is 0. The van der Waals surface area contributed by atoms with Crippen molar-refractivity contribution in [3.63, 3.8) is 0 Å². The van der Waals surface area contributed by atoms with Gasteiger partial charge >= 0.3 is 7.25 Å². The number of quaternary nitrogens is 1. The smallest absolute Gasteiger partial charge is 0.418 e. The molecule has 11 heavy (non-hydrogen) atoms. The highest BCUT2D eigenvalue weighted by Crippen LogP contribution is 2.06. The number of rotatable bonds is 1. The highest BCUT2D eigenvalue weighted by Gasteiger charge is 2.20. The predicted molar refractivity (Wildman–Crippen MR) is 37.4 cm³/mol. The molecule has 0 aliphatic carbocycles. The van der Waals surface area contributed by atoms with Gasteiger partial charge in [-0.2, -0.15) is 0 Å². The van der Waals surface area contributed by atoms with Crippen molar-refractivity contribution in [3.05, 3.63) is 0 Å². The van der Waals surface area contributed by atoms with Gasteiger partial charge in [-0.1, -0.05) is 6.92 Å². The number of halogens is 4. The molecule has 0 saturated carbocycles. The van der Waals surface area contributed by atoms with E-state index in [1.807, 2.05) is 0 Å². The first-order chi connectivity index (χ1) is 4.56. The Morgan fingerprint density at radius 2 is 1.27 bits per heavy atom. The van der Waals surface area contributed by atoms with Crippen molar-refractivity contribution in [3.8, 4) is 0 Å². The van der Waals surface area contributed by atoms with Gasteiger partial charge in [-0.05, 0) is 20.3 Å². The van der Waals surface area contributed by atoms with E-state index in [0.29, 0.717) is 5.54 Å². The van der Waals surface area contributed by atoms with Crippen molar-refractivity contribution in [2.75, 3.05) is 0 Å². The Morgan fingerprint density at radius 3 is 1.27 bits per heavy atom. The first-order valence-corrected chi connectivity index (χ1v) is 3.29. The second-order valence-corrected chi connectivity index (χ2v) is 3.01. The fourth-order valence-corrected chi connectivity index (χ4v) is 0. The molecule has 0 aromatic heterocycles. The Hall–Kier alpha value is -0.255. The van der Waals surface area contributed by atoms with Crippen molar-refractivity contribution in [1.29, 1.82) is 0 Å². The molecule has 0 fully saturated rings. The topological polar surface area (TPSA) is 27.6 Å². The maximum atomic E-state index is 9.75. The molecule has 70 valence electrons. The van der Waals surface area contributed by atoms with E-state index in [1.54, 1.807) is 0 Å². The average molecular weight is 175 g/mol. The Morgan fingerprint density at radius 1 is 1.18 bits per heavy atom. The lowest BCUT2D eigenvalue weighted by Gasteiger charge is -2.08. The van der Waals surface area contributed by atoms with Crippen LogP contribution in [0.25, 0.3) is 0 Å². The van der Waals surface area contributed by atoms with Gasteiger partial charge in [-0.3, -0.25) is 0 Å². The van der Waals surface area contributed by atoms with Gasteiger partial charge in [0.25, 0.3) is 0 Å². The van der Waals surface area contributed by atoms with Gasteiger partial charge in [0.1, 0.15) is 0 Å². The van der Waals surface area contributed by atoms with Gasteiger partial charge in [0.05, 0.1) is 5.54 Å². The Kier molecular flexibility index (Phi) is 5.57. The molecule has 0 aromatic rings. The quantitative estimate of drug-likeness (QED) is 0.464. The third kappa shape index (κ3) is 77.6. The zero-order valence-corrected chi connectivity index (χ0v) is 7.00. The number of hydrogen-bond donors (Lipinski definition) is 1. The molecule has 0 unspecified atom stereocenters. The van der Waals surface area contributed by atoms with Crippen molar-refractivity contribution in [1.82, 2.24) is 0 Å². The monoisotopic (exact) mass is 175 g/mol. The molecule has 6 heteroatoms. The van der Waals surface area contributed by atoms with Crippen molar-refractivity contribution < 1.29 is 23.0 Å². The second kappa shape index (κ2) is 4.59. The molecular formula is C5H14BF4N. The van der Waals surface area contributed by atoms with Crippen molar-refractivity contribution in [2.45, 2.75) is 32.7 Å². The van der Waals surface area contributed by atoms with E-state index in [4.69, 9.17) is 0 Å². The largest absolute Gasteiger partial charge is 0.673 e. The van der Waals surface area contributed by atoms with E-state index in [0.717, 1.165) is 6.42 Å². The van der Waals surface area contributed by atoms with Gasteiger partial charge in [-0.15, -0.1) is 0 Å². The molecule has 0 radical (unpaired) electrons. The Bertz CT molecular complexity index is 89.6. The summed E-state index contributed by atoms with van der Waals surface area (Å²) in [6.45, 7) is 6.41. The Labute approximate surface area is 64.1 Å². The lowest BCUT2D eigenvalue weighted by molar-refractivity contribution is -0.466. The van der Waals surface area contributed by atoms with E-state index in [2.05, 4.69) is 26.5 Å². The fraction of sp³-hybridized carbons (Fsp3) is 1.00. The molecule has 3 N–H and O–H groups in total. The van der Waals surface area contributed by atoms with Crippen LogP contribution in [0.1, 0.15) is 27.2 Å². The van der Waals surface area contributed by atoms with Crippen LogP contribution in [-0.4, -0.2) is 12.8 Å². The van der Waals surface area contributed by atoms with E-state index in [-0.39, 0.29) is 0 Å². The maximum absolute atomic E-state index is 9.75. The van der Waals surface area contributed by atoms with Crippen LogP contribution in [0.3, 0.4) is 0 Å². The minimum absolute atomic E-state index is 0.292. The zero-order chi connectivity index (χ0) is 9.71. The van der Waals surface area contributed by atoms with Crippen LogP contribution in [0.2, 0.25) is 0 Å². The summed E-state index contributed by atoms with van der Waals surface area (Å²) in [4.78, 5) is 0. The average Bonchev–Trinajstić information content (AvgIpc) is 1.59. The highest BCUT2D eigenvalue weighted by atomic mass is 19.5. The van der Waals surface area contributed by atoms with E-state index < -0.39 is 7.25 Å². The van der Waals surface area contributed by atoms with Crippen molar-refractivity contribution in [2.24, 2.45) is 0 Å². The van der Waals surface area contributed by atoms with E-state index in [1.165, 1.54) is 0 Å². The van der Waals surface area contributed by atoms with Gasteiger partial charge in [-0.25, -0.2) is 0 Å². The lowest BCUT2D eigenvalue weighted by atomic mass is 10.1. The summed E-state index contributed by atoms with van der Waals surface area (Å²) in [5.41, 5.74) is 4.18. The van der Waals surface area contributed by atoms with Crippen LogP contribution in [0.5, 0.6) is 0 Å². The molecule has 0 atom stereocenters. The normalized spacial score (nSPS) is 12.0. The Balaban J connectivity index is 0. The van der Waals surface area contributed by atoms with Crippen LogP contribution in [0.4, 0.5) is 17.3 Å². The van der Waals surface area contributed by atoms with Crippen LogP contribution in [0, 0.1) is 0 Å². The fourth-order valence-electron chi connectivity index (χ4n) is 0. The zero-order valence-electron chi connectivity index (χ0n) is 7.00. The first kappa shape index (κ1) is 13.3. The van der Waals surface area contributed by atoms with Crippen molar-refractivity contribution >= 4 is 7.25 Å². The first-order valence-electron chi connectivity index (χ1n) is 3.29. The molecule has 0 amide bonds. The van der Waals surface area contributed by atoms with E-state index in [9.17, 15) is 17.3 Å². The van der Waals surface area contributed by atoms with Gasteiger partial charge < -0.3 is 23.0 Å². The summed E-state index contributed by atoms with van der Waals surface area (Å²) < 4.78 is 39.0. The van der Waals surface area contributed by atoms with Crippen LogP contribution in [-0.2, 0) is 0 Å². The third-order valence-corrected chi connectivity index (χ3v) is 0.957. The van der Waals surface area contributed by atoms with Crippen LogP contribution in [0.15, 0.2) is 0 Å². The summed E-state index contributed by atoms with van der Waals surface area (Å²) in [6, 6.07) is 0. The minimum atomic E-state index is -6.00. The predicted octanol–water partition coefficient (Wildman–Crippen LogP) is 1.72. The van der Waals surface area contributed by atoms with Crippen LogP contribution < -0.4 is 5.73 Å².